The average Bonchev–Trinajstić information content (AvgIpc) is 2.16. The molecule has 1 rings (SSSR count). The molecule has 0 spiro atoms. The van der Waals surface area contributed by atoms with Crippen LogP contribution in [0.1, 0.15) is 26.7 Å². The predicted octanol–water partition coefficient (Wildman–Crippen LogP) is 2.00. The maximum atomic E-state index is 5.22. The zero-order valence-corrected chi connectivity index (χ0v) is 10.6. The van der Waals surface area contributed by atoms with Crippen molar-refractivity contribution >= 4 is 29.1 Å². The smallest absolute Gasteiger partial charge is 0.166 e. The lowest BCUT2D eigenvalue weighted by atomic mass is 10.2. The van der Waals surface area contributed by atoms with Gasteiger partial charge in [0.15, 0.2) is 5.11 Å². The van der Waals surface area contributed by atoms with Crippen LogP contribution in [0.25, 0.3) is 0 Å². The van der Waals surface area contributed by atoms with Gasteiger partial charge in [-0.2, -0.15) is 11.8 Å². The van der Waals surface area contributed by atoms with Gasteiger partial charge < -0.3 is 10.6 Å². The second kappa shape index (κ2) is 6.51. The van der Waals surface area contributed by atoms with Crippen LogP contribution in [0.3, 0.4) is 0 Å². The molecule has 1 heterocycles. The Morgan fingerprint density at radius 1 is 1.43 bits per heavy atom. The van der Waals surface area contributed by atoms with Gasteiger partial charge in [0, 0.05) is 12.6 Å². The SMILES string of the molecule is CC(C)CNC(=S)NC1CCSCC1. The first kappa shape index (κ1) is 12.1. The molecule has 0 amide bonds. The highest BCUT2D eigenvalue weighted by Crippen LogP contribution is 2.16. The van der Waals surface area contributed by atoms with Crippen LogP contribution in [0.5, 0.6) is 0 Å². The molecule has 0 aromatic carbocycles. The number of thioether (sulfide) groups is 1. The van der Waals surface area contributed by atoms with E-state index in [2.05, 4.69) is 24.5 Å². The zero-order valence-electron chi connectivity index (χ0n) is 9.01. The van der Waals surface area contributed by atoms with Crippen molar-refractivity contribution in [3.63, 3.8) is 0 Å². The van der Waals surface area contributed by atoms with E-state index in [4.69, 9.17) is 12.2 Å². The van der Waals surface area contributed by atoms with E-state index in [9.17, 15) is 0 Å². The third kappa shape index (κ3) is 5.05. The van der Waals surface area contributed by atoms with Gasteiger partial charge >= 0.3 is 0 Å². The highest BCUT2D eigenvalue weighted by Gasteiger charge is 2.13. The molecule has 1 saturated heterocycles. The monoisotopic (exact) mass is 232 g/mol. The maximum absolute atomic E-state index is 5.22. The van der Waals surface area contributed by atoms with E-state index in [-0.39, 0.29) is 0 Å². The van der Waals surface area contributed by atoms with Crippen molar-refractivity contribution in [2.45, 2.75) is 32.7 Å². The predicted molar refractivity (Wildman–Crippen MR) is 68.9 cm³/mol. The molecule has 0 saturated carbocycles. The number of hydrogen-bond donors (Lipinski definition) is 2. The minimum Gasteiger partial charge on any atom is -0.362 e. The van der Waals surface area contributed by atoms with E-state index in [1.54, 1.807) is 0 Å². The second-order valence-corrected chi connectivity index (χ2v) is 5.77. The molecule has 0 unspecified atom stereocenters. The van der Waals surface area contributed by atoms with Crippen LogP contribution in [-0.4, -0.2) is 29.2 Å². The van der Waals surface area contributed by atoms with Crippen molar-refractivity contribution < 1.29 is 0 Å². The molecular weight excluding hydrogens is 212 g/mol. The molecule has 1 aliphatic heterocycles. The standard InChI is InChI=1S/C10H20N2S2/c1-8(2)7-11-10(13)12-9-3-5-14-6-4-9/h8-9H,3-7H2,1-2H3,(H2,11,12,13). The molecule has 2 N–H and O–H groups in total. The fourth-order valence-corrected chi connectivity index (χ4v) is 2.73. The van der Waals surface area contributed by atoms with Crippen LogP contribution in [-0.2, 0) is 0 Å². The molecule has 1 fully saturated rings. The Balaban J connectivity index is 2.12. The van der Waals surface area contributed by atoms with Gasteiger partial charge in [0.1, 0.15) is 0 Å². The molecule has 0 atom stereocenters. The summed E-state index contributed by atoms with van der Waals surface area (Å²) >= 11 is 7.26. The summed E-state index contributed by atoms with van der Waals surface area (Å²) in [6.07, 6.45) is 2.49. The van der Waals surface area contributed by atoms with Crippen molar-refractivity contribution in [2.75, 3.05) is 18.1 Å². The summed E-state index contributed by atoms with van der Waals surface area (Å²) in [5.41, 5.74) is 0. The first-order valence-electron chi connectivity index (χ1n) is 5.30. The van der Waals surface area contributed by atoms with Crippen molar-refractivity contribution in [1.29, 1.82) is 0 Å². The first-order valence-corrected chi connectivity index (χ1v) is 6.87. The van der Waals surface area contributed by atoms with Crippen LogP contribution < -0.4 is 10.6 Å². The second-order valence-electron chi connectivity index (χ2n) is 4.13. The Labute approximate surface area is 96.6 Å². The Bertz CT molecular complexity index is 177. The van der Waals surface area contributed by atoms with E-state index in [0.717, 1.165) is 11.7 Å². The highest BCUT2D eigenvalue weighted by molar-refractivity contribution is 7.99. The maximum Gasteiger partial charge on any atom is 0.166 e. The number of thiocarbonyl (C=S) groups is 1. The summed E-state index contributed by atoms with van der Waals surface area (Å²) < 4.78 is 0. The normalized spacial score (nSPS) is 18.2. The fourth-order valence-electron chi connectivity index (χ4n) is 1.38. The highest BCUT2D eigenvalue weighted by atomic mass is 32.2. The zero-order chi connectivity index (χ0) is 10.4. The third-order valence-electron chi connectivity index (χ3n) is 2.23. The first-order chi connectivity index (χ1) is 6.68. The van der Waals surface area contributed by atoms with Crippen molar-refractivity contribution in [2.24, 2.45) is 5.92 Å². The topological polar surface area (TPSA) is 24.1 Å². The van der Waals surface area contributed by atoms with E-state index < -0.39 is 0 Å². The summed E-state index contributed by atoms with van der Waals surface area (Å²) in [7, 11) is 0. The average molecular weight is 232 g/mol. The van der Waals surface area contributed by atoms with E-state index in [1.165, 1.54) is 24.3 Å². The quantitative estimate of drug-likeness (QED) is 0.727. The molecule has 0 radical (unpaired) electrons. The van der Waals surface area contributed by atoms with Gasteiger partial charge in [0.05, 0.1) is 0 Å². The molecule has 14 heavy (non-hydrogen) atoms. The molecule has 0 aliphatic carbocycles. The third-order valence-corrected chi connectivity index (χ3v) is 3.54. The van der Waals surface area contributed by atoms with Crippen molar-refractivity contribution in [1.82, 2.24) is 10.6 Å². The summed E-state index contributed by atoms with van der Waals surface area (Å²) in [4.78, 5) is 0. The Kier molecular flexibility index (Phi) is 5.63. The molecule has 82 valence electrons. The lowest BCUT2D eigenvalue weighted by molar-refractivity contribution is 0.551. The van der Waals surface area contributed by atoms with E-state index in [1.807, 2.05) is 11.8 Å². The largest absolute Gasteiger partial charge is 0.362 e. The summed E-state index contributed by atoms with van der Waals surface area (Å²) in [6, 6.07) is 0.600. The van der Waals surface area contributed by atoms with Gasteiger partial charge in [0.25, 0.3) is 0 Å². The van der Waals surface area contributed by atoms with Gasteiger partial charge in [0.2, 0.25) is 0 Å². The van der Waals surface area contributed by atoms with Gasteiger partial charge in [-0.25, -0.2) is 0 Å². The van der Waals surface area contributed by atoms with Crippen LogP contribution in [0.15, 0.2) is 0 Å². The van der Waals surface area contributed by atoms with Crippen LogP contribution >= 0.6 is 24.0 Å². The molecule has 4 heteroatoms. The molecule has 2 nitrogen and oxygen atoms in total. The molecule has 0 aromatic heterocycles. The van der Waals surface area contributed by atoms with Gasteiger partial charge in [-0.15, -0.1) is 0 Å². The number of hydrogen-bond acceptors (Lipinski definition) is 2. The summed E-state index contributed by atoms with van der Waals surface area (Å²) in [5.74, 6) is 3.19. The van der Waals surface area contributed by atoms with Crippen LogP contribution in [0.2, 0.25) is 0 Å². The van der Waals surface area contributed by atoms with Gasteiger partial charge in [-0.05, 0) is 42.5 Å². The molecule has 0 bridgehead atoms. The van der Waals surface area contributed by atoms with Crippen LogP contribution in [0, 0.1) is 5.92 Å². The van der Waals surface area contributed by atoms with Crippen LogP contribution in [0.4, 0.5) is 0 Å². The lowest BCUT2D eigenvalue weighted by Crippen LogP contribution is -2.44. The van der Waals surface area contributed by atoms with Crippen molar-refractivity contribution in [3.8, 4) is 0 Å². The number of rotatable bonds is 3. The van der Waals surface area contributed by atoms with E-state index in [0.29, 0.717) is 12.0 Å². The summed E-state index contributed by atoms with van der Waals surface area (Å²) in [5, 5.41) is 7.45. The lowest BCUT2D eigenvalue weighted by Gasteiger charge is -2.24. The summed E-state index contributed by atoms with van der Waals surface area (Å²) in [6.45, 7) is 5.34. The Hall–Kier alpha value is 0.0400. The van der Waals surface area contributed by atoms with E-state index >= 15 is 0 Å². The molecule has 0 aromatic rings. The Morgan fingerprint density at radius 2 is 2.07 bits per heavy atom. The minimum atomic E-state index is 0.600. The van der Waals surface area contributed by atoms with Gasteiger partial charge in [-0.3, -0.25) is 0 Å². The molecule has 1 aliphatic rings. The fraction of sp³-hybridized carbons (Fsp3) is 0.900. The minimum absolute atomic E-state index is 0.600. The Morgan fingerprint density at radius 3 is 2.64 bits per heavy atom. The van der Waals surface area contributed by atoms with Crippen molar-refractivity contribution in [3.05, 3.63) is 0 Å². The number of nitrogens with one attached hydrogen (secondary N) is 2. The van der Waals surface area contributed by atoms with Gasteiger partial charge in [-0.1, -0.05) is 13.8 Å². The molecular formula is C10H20N2S2.